The average Bonchev–Trinajstić information content (AvgIpc) is 3.02. The third-order valence-electron chi connectivity index (χ3n) is 4.04. The van der Waals surface area contributed by atoms with E-state index in [2.05, 4.69) is 15.0 Å². The van der Waals surface area contributed by atoms with Gasteiger partial charge in [0.25, 0.3) is 5.56 Å². The predicted molar refractivity (Wildman–Crippen MR) is 92.7 cm³/mol. The number of hydrogen-bond acceptors (Lipinski definition) is 4. The number of hydrogen-bond donors (Lipinski definition) is 2. The fourth-order valence-electron chi connectivity index (χ4n) is 2.83. The first kappa shape index (κ1) is 15.2. The van der Waals surface area contributed by atoms with E-state index in [1.165, 1.54) is 26.4 Å². The fourth-order valence-corrected chi connectivity index (χ4v) is 2.83. The van der Waals surface area contributed by atoms with Crippen LogP contribution in [-0.2, 0) is 0 Å². The second kappa shape index (κ2) is 5.62. The monoisotopic (exact) mass is 339 g/mol. The van der Waals surface area contributed by atoms with Crippen LogP contribution in [0.1, 0.15) is 0 Å². The van der Waals surface area contributed by atoms with Crippen molar-refractivity contribution < 1.29 is 13.9 Å². The van der Waals surface area contributed by atoms with Gasteiger partial charge in [0, 0.05) is 23.0 Å². The topological polar surface area (TPSA) is 80.0 Å². The van der Waals surface area contributed by atoms with E-state index in [9.17, 15) is 9.18 Å². The largest absolute Gasteiger partial charge is 0.493 e. The van der Waals surface area contributed by atoms with Crippen molar-refractivity contribution in [2.75, 3.05) is 14.2 Å². The van der Waals surface area contributed by atoms with Crippen LogP contribution in [0.5, 0.6) is 11.5 Å². The van der Waals surface area contributed by atoms with Crippen molar-refractivity contribution in [1.82, 2.24) is 15.0 Å². The van der Waals surface area contributed by atoms with Crippen molar-refractivity contribution in [3.05, 3.63) is 52.6 Å². The molecular weight excluding hydrogens is 325 g/mol. The van der Waals surface area contributed by atoms with Crippen molar-refractivity contribution in [2.24, 2.45) is 0 Å². The lowest BCUT2D eigenvalue weighted by molar-refractivity contribution is 0.355. The van der Waals surface area contributed by atoms with Crippen molar-refractivity contribution in [2.45, 2.75) is 0 Å². The van der Waals surface area contributed by atoms with Gasteiger partial charge in [-0.2, -0.15) is 0 Å². The molecule has 2 aromatic heterocycles. The van der Waals surface area contributed by atoms with Crippen LogP contribution in [0.15, 0.2) is 41.2 Å². The van der Waals surface area contributed by atoms with E-state index in [0.717, 1.165) is 5.52 Å². The number of H-pyrrole nitrogens is 2. The molecule has 0 amide bonds. The SMILES string of the molecule is COc1cc2nc(-c3cc4cc(F)ccc4[nH]3)c(=O)[nH]c2cc1OC. The van der Waals surface area contributed by atoms with Crippen LogP contribution < -0.4 is 15.0 Å². The summed E-state index contributed by atoms with van der Waals surface area (Å²) in [5, 5.41) is 0.670. The number of nitrogens with zero attached hydrogens (tertiary/aromatic N) is 1. The normalized spacial score (nSPS) is 11.2. The van der Waals surface area contributed by atoms with Crippen LogP contribution >= 0.6 is 0 Å². The zero-order valence-electron chi connectivity index (χ0n) is 13.5. The highest BCUT2D eigenvalue weighted by molar-refractivity contribution is 5.86. The van der Waals surface area contributed by atoms with Crippen molar-refractivity contribution in [3.8, 4) is 22.9 Å². The average molecular weight is 339 g/mol. The van der Waals surface area contributed by atoms with Gasteiger partial charge in [-0.25, -0.2) is 9.37 Å². The smallest absolute Gasteiger partial charge is 0.276 e. The van der Waals surface area contributed by atoms with Crippen molar-refractivity contribution >= 4 is 21.9 Å². The molecule has 0 aliphatic heterocycles. The molecule has 0 aliphatic rings. The molecule has 0 unspecified atom stereocenters. The standard InChI is InChI=1S/C18H14FN3O3/c1-24-15-7-12-13(8-16(15)25-2)22-18(23)17(21-12)14-6-9-5-10(19)3-4-11(9)20-14/h3-8,20H,1-2H3,(H,22,23). The van der Waals surface area contributed by atoms with Gasteiger partial charge in [0.1, 0.15) is 5.82 Å². The summed E-state index contributed by atoms with van der Waals surface area (Å²) < 4.78 is 23.9. The second-order valence-corrected chi connectivity index (χ2v) is 5.55. The maximum Gasteiger partial charge on any atom is 0.276 e. The number of fused-ring (bicyclic) bond motifs is 2. The molecule has 0 aliphatic carbocycles. The molecule has 25 heavy (non-hydrogen) atoms. The van der Waals surface area contributed by atoms with Crippen LogP contribution in [0.25, 0.3) is 33.3 Å². The minimum Gasteiger partial charge on any atom is -0.493 e. The number of aromatic nitrogens is 3. The third kappa shape index (κ3) is 2.50. The molecule has 0 saturated carbocycles. The zero-order chi connectivity index (χ0) is 17.6. The summed E-state index contributed by atoms with van der Waals surface area (Å²) in [5.41, 5.74) is 2.19. The molecule has 2 aromatic carbocycles. The lowest BCUT2D eigenvalue weighted by Gasteiger charge is -2.09. The number of rotatable bonds is 3. The van der Waals surface area contributed by atoms with Gasteiger partial charge in [-0.3, -0.25) is 4.79 Å². The molecule has 0 atom stereocenters. The zero-order valence-corrected chi connectivity index (χ0v) is 13.5. The van der Waals surface area contributed by atoms with Crippen LogP contribution in [0.2, 0.25) is 0 Å². The first-order valence-corrected chi connectivity index (χ1v) is 7.54. The number of aromatic amines is 2. The highest BCUT2D eigenvalue weighted by Gasteiger charge is 2.13. The summed E-state index contributed by atoms with van der Waals surface area (Å²) >= 11 is 0. The van der Waals surface area contributed by atoms with E-state index in [0.29, 0.717) is 33.6 Å². The molecule has 4 aromatic rings. The molecule has 0 radical (unpaired) electrons. The summed E-state index contributed by atoms with van der Waals surface area (Å²) in [6, 6.07) is 9.43. The van der Waals surface area contributed by atoms with Crippen LogP contribution in [-0.4, -0.2) is 29.2 Å². The Balaban J connectivity index is 1.94. The highest BCUT2D eigenvalue weighted by Crippen LogP contribution is 2.31. The summed E-state index contributed by atoms with van der Waals surface area (Å²) in [5.74, 6) is 0.677. The molecule has 7 heteroatoms. The lowest BCUT2D eigenvalue weighted by atomic mass is 10.2. The molecule has 2 heterocycles. The van der Waals surface area contributed by atoms with Gasteiger partial charge >= 0.3 is 0 Å². The second-order valence-electron chi connectivity index (χ2n) is 5.55. The summed E-state index contributed by atoms with van der Waals surface area (Å²) in [7, 11) is 3.05. The van der Waals surface area contributed by atoms with Gasteiger partial charge in [0.15, 0.2) is 17.2 Å². The molecule has 4 rings (SSSR count). The minimum atomic E-state index is -0.355. The van der Waals surface area contributed by atoms with E-state index < -0.39 is 0 Å². The first-order chi connectivity index (χ1) is 12.1. The first-order valence-electron chi connectivity index (χ1n) is 7.54. The van der Waals surface area contributed by atoms with E-state index in [1.54, 1.807) is 24.3 Å². The summed E-state index contributed by atoms with van der Waals surface area (Å²) in [4.78, 5) is 22.8. The van der Waals surface area contributed by atoms with E-state index in [-0.39, 0.29) is 17.1 Å². The van der Waals surface area contributed by atoms with E-state index >= 15 is 0 Å². The van der Waals surface area contributed by atoms with Gasteiger partial charge < -0.3 is 19.4 Å². The third-order valence-corrected chi connectivity index (χ3v) is 4.04. The van der Waals surface area contributed by atoms with Crippen molar-refractivity contribution in [1.29, 1.82) is 0 Å². The van der Waals surface area contributed by atoms with Gasteiger partial charge in [-0.05, 0) is 24.3 Å². The Labute approximate surface area is 141 Å². The van der Waals surface area contributed by atoms with Crippen molar-refractivity contribution in [3.63, 3.8) is 0 Å². The lowest BCUT2D eigenvalue weighted by Crippen LogP contribution is -2.11. The van der Waals surface area contributed by atoms with E-state index in [1.807, 2.05) is 0 Å². The number of ether oxygens (including phenoxy) is 2. The van der Waals surface area contributed by atoms with Gasteiger partial charge in [0.05, 0.1) is 30.9 Å². The highest BCUT2D eigenvalue weighted by atomic mass is 19.1. The Bertz CT molecular complexity index is 1160. The van der Waals surface area contributed by atoms with Crippen LogP contribution in [0, 0.1) is 5.82 Å². The molecule has 126 valence electrons. The van der Waals surface area contributed by atoms with Crippen LogP contribution in [0.4, 0.5) is 4.39 Å². The molecular formula is C18H14FN3O3. The Kier molecular flexibility index (Phi) is 3.42. The van der Waals surface area contributed by atoms with Crippen LogP contribution in [0.3, 0.4) is 0 Å². The Morgan fingerprint density at radius 3 is 2.48 bits per heavy atom. The number of nitrogens with one attached hydrogen (secondary N) is 2. The Hall–Kier alpha value is -3.35. The minimum absolute atomic E-state index is 0.219. The molecule has 2 N–H and O–H groups in total. The van der Waals surface area contributed by atoms with Gasteiger partial charge in [-0.1, -0.05) is 0 Å². The number of methoxy groups -OCH3 is 2. The fraction of sp³-hybridized carbons (Fsp3) is 0.111. The van der Waals surface area contributed by atoms with Gasteiger partial charge in [-0.15, -0.1) is 0 Å². The Morgan fingerprint density at radius 1 is 0.960 bits per heavy atom. The quantitative estimate of drug-likeness (QED) is 0.600. The molecule has 0 spiro atoms. The maximum absolute atomic E-state index is 13.4. The number of benzene rings is 2. The number of halogens is 1. The molecule has 6 nitrogen and oxygen atoms in total. The van der Waals surface area contributed by atoms with Gasteiger partial charge in [0.2, 0.25) is 0 Å². The molecule has 0 fully saturated rings. The Morgan fingerprint density at radius 2 is 1.72 bits per heavy atom. The molecule has 0 bridgehead atoms. The van der Waals surface area contributed by atoms with E-state index in [4.69, 9.17) is 9.47 Å². The summed E-state index contributed by atoms with van der Waals surface area (Å²) in [6.45, 7) is 0. The summed E-state index contributed by atoms with van der Waals surface area (Å²) in [6.07, 6.45) is 0. The maximum atomic E-state index is 13.4. The molecule has 0 saturated heterocycles. The predicted octanol–water partition coefficient (Wildman–Crippen LogP) is 3.23.